The molecule has 0 spiro atoms. The van der Waals surface area contributed by atoms with Gasteiger partial charge in [-0.1, -0.05) is 32.1 Å². The molecular formula is C31H47FO5. The van der Waals surface area contributed by atoms with E-state index in [1.165, 1.54) is 19.4 Å². The van der Waals surface area contributed by atoms with Crippen LogP contribution in [0.5, 0.6) is 0 Å². The predicted octanol–water partition coefficient (Wildman–Crippen LogP) is 6.79. The Morgan fingerprint density at radius 1 is 1.19 bits per heavy atom. The van der Waals surface area contributed by atoms with Gasteiger partial charge in [0, 0.05) is 26.7 Å². The smallest absolute Gasteiger partial charge is 0.303 e. The van der Waals surface area contributed by atoms with Crippen LogP contribution >= 0.6 is 0 Å². The van der Waals surface area contributed by atoms with Gasteiger partial charge in [-0.2, -0.15) is 0 Å². The Morgan fingerprint density at radius 3 is 2.49 bits per heavy atom. The third-order valence-corrected chi connectivity index (χ3v) is 9.24. The first kappa shape index (κ1) is 29.6. The molecule has 0 bridgehead atoms. The second kappa shape index (κ2) is 11.8. The Bertz CT molecular complexity index is 942. The highest BCUT2D eigenvalue weighted by molar-refractivity contribution is 5.67. The van der Waals surface area contributed by atoms with E-state index in [9.17, 15) is 19.1 Å². The zero-order chi connectivity index (χ0) is 27.5. The number of alkyl halides is 1. The molecule has 0 saturated heterocycles. The predicted molar refractivity (Wildman–Crippen MR) is 143 cm³/mol. The minimum absolute atomic E-state index is 0.172. The lowest BCUT2D eigenvalue weighted by Crippen LogP contribution is -2.36. The maximum absolute atomic E-state index is 14.4. The number of carbonyl (C=O) groups excluding carboxylic acids is 2. The summed E-state index contributed by atoms with van der Waals surface area (Å²) in [5.41, 5.74) is 2.30. The first-order valence-corrected chi connectivity index (χ1v) is 14.0. The highest BCUT2D eigenvalue weighted by Crippen LogP contribution is 2.59. The normalized spacial score (nSPS) is 32.1. The Morgan fingerprint density at radius 2 is 1.86 bits per heavy atom. The Labute approximate surface area is 222 Å². The molecular weight excluding hydrogens is 471 g/mol. The van der Waals surface area contributed by atoms with Gasteiger partial charge in [0.25, 0.3) is 0 Å². The number of fused-ring (bicyclic) bond motifs is 1. The maximum Gasteiger partial charge on any atom is 0.303 e. The molecule has 0 aromatic heterocycles. The third-order valence-electron chi connectivity index (χ3n) is 9.24. The summed E-state index contributed by atoms with van der Waals surface area (Å²) < 4.78 is 25.5. The van der Waals surface area contributed by atoms with Crippen molar-refractivity contribution in [1.29, 1.82) is 0 Å². The molecule has 0 radical (unpaired) electrons. The zero-order valence-electron chi connectivity index (χ0n) is 23.8. The number of rotatable bonds is 9. The molecule has 7 atom stereocenters. The van der Waals surface area contributed by atoms with Crippen molar-refractivity contribution < 1.29 is 28.6 Å². The van der Waals surface area contributed by atoms with Crippen molar-refractivity contribution in [2.45, 2.75) is 124 Å². The van der Waals surface area contributed by atoms with Crippen molar-refractivity contribution in [2.75, 3.05) is 0 Å². The second-order valence-electron chi connectivity index (χ2n) is 12.5. The monoisotopic (exact) mass is 518 g/mol. The Kier molecular flexibility index (Phi) is 9.47. The number of carbonyl (C=O) groups is 2. The second-order valence-corrected chi connectivity index (χ2v) is 12.5. The maximum atomic E-state index is 14.4. The average Bonchev–Trinajstić information content (AvgIpc) is 3.14. The molecule has 5 nitrogen and oxygen atoms in total. The van der Waals surface area contributed by atoms with E-state index in [1.54, 1.807) is 13.8 Å². The lowest BCUT2D eigenvalue weighted by Gasteiger charge is -2.43. The van der Waals surface area contributed by atoms with Crippen molar-refractivity contribution >= 4 is 11.9 Å². The van der Waals surface area contributed by atoms with Gasteiger partial charge < -0.3 is 14.6 Å². The molecule has 0 amide bonds. The fourth-order valence-electron chi connectivity index (χ4n) is 7.12. The van der Waals surface area contributed by atoms with Crippen molar-refractivity contribution in [1.82, 2.24) is 0 Å². The van der Waals surface area contributed by atoms with Crippen LogP contribution in [0.1, 0.15) is 99.8 Å². The summed E-state index contributed by atoms with van der Waals surface area (Å²) in [6.07, 6.45) is 11.5. The van der Waals surface area contributed by atoms with Crippen molar-refractivity contribution in [2.24, 2.45) is 23.2 Å². The van der Waals surface area contributed by atoms with Gasteiger partial charge in [-0.05, 0) is 99.2 Å². The van der Waals surface area contributed by atoms with Gasteiger partial charge in [0.2, 0.25) is 0 Å². The van der Waals surface area contributed by atoms with Gasteiger partial charge >= 0.3 is 11.9 Å². The van der Waals surface area contributed by atoms with Gasteiger partial charge in [-0.15, -0.1) is 0 Å². The number of halogens is 1. The summed E-state index contributed by atoms with van der Waals surface area (Å²) in [6, 6.07) is 0. The molecule has 208 valence electrons. The first-order chi connectivity index (χ1) is 17.2. The molecule has 3 rings (SSSR count). The minimum atomic E-state index is -1.29. The van der Waals surface area contributed by atoms with E-state index in [-0.39, 0.29) is 29.6 Å². The van der Waals surface area contributed by atoms with E-state index in [0.29, 0.717) is 37.0 Å². The summed E-state index contributed by atoms with van der Waals surface area (Å²) in [6.45, 7) is 12.6. The SMILES string of the molecule is CC(=O)O[C@H]1CC(/C=C\C2=CCC[C@]3(C)[C@@H]([C@H](C)CC[C@@H](F)C(C)(C)O)CC[C@@H]23)=C(C)[C@H](OC(C)=O)C1. The van der Waals surface area contributed by atoms with Gasteiger partial charge in [0.15, 0.2) is 0 Å². The van der Waals surface area contributed by atoms with Gasteiger partial charge in [-0.3, -0.25) is 9.59 Å². The van der Waals surface area contributed by atoms with Crippen LogP contribution in [0.3, 0.4) is 0 Å². The Balaban J connectivity index is 1.74. The molecule has 6 heteroatoms. The first-order valence-electron chi connectivity index (χ1n) is 14.0. The third kappa shape index (κ3) is 7.13. The van der Waals surface area contributed by atoms with E-state index in [4.69, 9.17) is 9.47 Å². The number of esters is 2. The number of hydrogen-bond acceptors (Lipinski definition) is 5. The van der Waals surface area contributed by atoms with Crippen molar-refractivity contribution in [3.05, 3.63) is 34.9 Å². The zero-order valence-corrected chi connectivity index (χ0v) is 23.8. The molecule has 1 N–H and O–H groups in total. The highest BCUT2D eigenvalue weighted by atomic mass is 19.1. The van der Waals surface area contributed by atoms with Crippen LogP contribution in [0, 0.1) is 23.2 Å². The van der Waals surface area contributed by atoms with E-state index in [0.717, 1.165) is 43.3 Å². The molecule has 37 heavy (non-hydrogen) atoms. The van der Waals surface area contributed by atoms with Gasteiger partial charge in [0.1, 0.15) is 18.4 Å². The molecule has 3 aliphatic carbocycles. The van der Waals surface area contributed by atoms with E-state index in [1.807, 2.05) is 6.92 Å². The lowest BCUT2D eigenvalue weighted by atomic mass is 9.62. The Hall–Kier alpha value is -1.95. The number of aliphatic hydroxyl groups is 1. The summed E-state index contributed by atoms with van der Waals surface area (Å²) in [5, 5.41) is 10.00. The van der Waals surface area contributed by atoms with Crippen LogP contribution < -0.4 is 0 Å². The standard InChI is InChI=1S/C31H47FO5/c1-19(10-15-29(32)30(5,6)35)26-13-14-27-23(9-8-16-31(26,27)7)11-12-24-17-25(36-21(3)33)18-28(20(24)2)37-22(4)34/h9,11-12,19,25-29,35H,8,10,13-18H2,1-7H3/b12-11-/t19-,25+,26-,27+,28-,29-,31-/m1/s1. The molecule has 0 unspecified atom stereocenters. The summed E-state index contributed by atoms with van der Waals surface area (Å²) in [5.74, 6) is 0.721. The molecule has 0 aromatic rings. The lowest BCUT2D eigenvalue weighted by molar-refractivity contribution is -0.151. The van der Waals surface area contributed by atoms with E-state index in [2.05, 4.69) is 32.1 Å². The molecule has 0 aromatic carbocycles. The molecule has 3 aliphatic rings. The molecule has 1 fully saturated rings. The van der Waals surface area contributed by atoms with Crippen LogP contribution in [0.25, 0.3) is 0 Å². The minimum Gasteiger partial charge on any atom is -0.462 e. The summed E-state index contributed by atoms with van der Waals surface area (Å²) in [7, 11) is 0. The van der Waals surface area contributed by atoms with Crippen molar-refractivity contribution in [3.8, 4) is 0 Å². The van der Waals surface area contributed by atoms with Crippen LogP contribution in [-0.4, -0.2) is 41.0 Å². The highest BCUT2D eigenvalue weighted by Gasteiger charge is 2.50. The van der Waals surface area contributed by atoms with Gasteiger partial charge in [-0.25, -0.2) is 4.39 Å². The van der Waals surface area contributed by atoms with E-state index >= 15 is 0 Å². The number of allylic oxidation sites excluding steroid dienone is 4. The number of hydrogen-bond donors (Lipinski definition) is 1. The van der Waals surface area contributed by atoms with Gasteiger partial charge in [0.05, 0.1) is 5.60 Å². The van der Waals surface area contributed by atoms with E-state index < -0.39 is 11.8 Å². The van der Waals surface area contributed by atoms with Crippen molar-refractivity contribution in [3.63, 3.8) is 0 Å². The summed E-state index contributed by atoms with van der Waals surface area (Å²) in [4.78, 5) is 23.3. The molecule has 1 saturated carbocycles. The van der Waals surface area contributed by atoms with Crippen LogP contribution in [0.4, 0.5) is 4.39 Å². The average molecular weight is 519 g/mol. The van der Waals surface area contributed by atoms with Crippen LogP contribution in [-0.2, 0) is 19.1 Å². The molecule has 0 aliphatic heterocycles. The topological polar surface area (TPSA) is 72.8 Å². The number of ether oxygens (including phenoxy) is 2. The largest absolute Gasteiger partial charge is 0.462 e. The summed E-state index contributed by atoms with van der Waals surface area (Å²) >= 11 is 0. The fraction of sp³-hybridized carbons (Fsp3) is 0.742. The quantitative estimate of drug-likeness (QED) is 0.340. The molecule has 0 heterocycles. The van der Waals surface area contributed by atoms with Crippen LogP contribution in [0.2, 0.25) is 0 Å². The van der Waals surface area contributed by atoms with Crippen LogP contribution in [0.15, 0.2) is 34.9 Å². The fourth-order valence-corrected chi connectivity index (χ4v) is 7.12.